The first kappa shape index (κ1) is 18.8. The molecule has 0 aromatic carbocycles. The van der Waals surface area contributed by atoms with E-state index in [4.69, 9.17) is 24.3 Å². The molecule has 0 bridgehead atoms. The monoisotopic (exact) mass is 278 g/mol. The summed E-state index contributed by atoms with van der Waals surface area (Å²) >= 11 is 0. The quantitative estimate of drug-likeness (QED) is 0.294. The molecule has 0 aliphatic heterocycles. The molecule has 0 aromatic heterocycles. The van der Waals surface area contributed by atoms with Crippen LogP contribution in [0.1, 0.15) is 61.8 Å². The van der Waals surface area contributed by atoms with Gasteiger partial charge in [0.25, 0.3) is 0 Å². The molecule has 0 unspecified atom stereocenters. The Morgan fingerprint density at radius 3 is 1.42 bits per heavy atom. The van der Waals surface area contributed by atoms with Crippen molar-refractivity contribution < 1.29 is 24.3 Å². The average Bonchev–Trinajstić information content (AvgIpc) is 2.23. The highest BCUT2D eigenvalue weighted by Gasteiger charge is 2.33. The van der Waals surface area contributed by atoms with Gasteiger partial charge < -0.3 is 4.74 Å². The number of hydrogen-bond acceptors (Lipinski definition) is 5. The second-order valence-electron chi connectivity index (χ2n) is 6.64. The van der Waals surface area contributed by atoms with E-state index in [1.54, 1.807) is 6.92 Å². The van der Waals surface area contributed by atoms with E-state index in [0.717, 1.165) is 0 Å². The molecule has 0 spiro atoms. The fraction of sp³-hybridized carbons (Fsp3) is 1.00. The third-order valence-electron chi connectivity index (χ3n) is 1.84. The lowest BCUT2D eigenvalue weighted by atomic mass is 10.2. The first-order chi connectivity index (χ1) is 8.47. The van der Waals surface area contributed by atoms with Crippen molar-refractivity contribution in [1.82, 2.24) is 0 Å². The summed E-state index contributed by atoms with van der Waals surface area (Å²) in [5.41, 5.74) is -0.837. The minimum absolute atomic E-state index is 0.419. The maximum absolute atomic E-state index is 5.41. The minimum Gasteiger partial charge on any atom is -0.382 e. The molecule has 0 atom stereocenters. The molecule has 19 heavy (non-hydrogen) atoms. The highest BCUT2D eigenvalue weighted by molar-refractivity contribution is 4.62. The Labute approximate surface area is 117 Å². The minimum atomic E-state index is -1.00. The van der Waals surface area contributed by atoms with Crippen LogP contribution in [0.2, 0.25) is 0 Å². The van der Waals surface area contributed by atoms with E-state index in [-0.39, 0.29) is 0 Å². The van der Waals surface area contributed by atoms with Crippen LogP contribution in [0.4, 0.5) is 0 Å². The van der Waals surface area contributed by atoms with Gasteiger partial charge in [-0.2, -0.15) is 9.78 Å². The van der Waals surface area contributed by atoms with Crippen LogP contribution < -0.4 is 0 Å². The topological polar surface area (TPSA) is 46.2 Å². The smallest absolute Gasteiger partial charge is 0.233 e. The summed E-state index contributed by atoms with van der Waals surface area (Å²) < 4.78 is 5.32. The van der Waals surface area contributed by atoms with Crippen molar-refractivity contribution in [3.8, 4) is 0 Å². The molecular weight excluding hydrogens is 248 g/mol. The molecule has 5 nitrogen and oxygen atoms in total. The lowest BCUT2D eigenvalue weighted by Gasteiger charge is -2.32. The van der Waals surface area contributed by atoms with Crippen LogP contribution in [0.3, 0.4) is 0 Å². The Kier molecular flexibility index (Phi) is 7.47. The van der Waals surface area contributed by atoms with Crippen molar-refractivity contribution in [2.75, 3.05) is 13.2 Å². The molecule has 0 aromatic rings. The van der Waals surface area contributed by atoms with Crippen LogP contribution in [-0.4, -0.2) is 30.2 Å². The highest BCUT2D eigenvalue weighted by atomic mass is 17.3. The summed E-state index contributed by atoms with van der Waals surface area (Å²) in [5.74, 6) is -1.00. The lowest BCUT2D eigenvalue weighted by molar-refractivity contribution is -0.538. The van der Waals surface area contributed by atoms with Crippen molar-refractivity contribution in [1.29, 1.82) is 0 Å². The summed E-state index contributed by atoms with van der Waals surface area (Å²) in [7, 11) is 0. The summed E-state index contributed by atoms with van der Waals surface area (Å²) in [6.07, 6.45) is 0.507. The number of ether oxygens (including phenoxy) is 1. The van der Waals surface area contributed by atoms with Gasteiger partial charge in [-0.15, -0.1) is 0 Å². The van der Waals surface area contributed by atoms with Gasteiger partial charge in [-0.3, -0.25) is 0 Å². The molecule has 0 saturated carbocycles. The predicted octanol–water partition coefficient (Wildman–Crippen LogP) is 3.62. The average molecular weight is 278 g/mol. The highest BCUT2D eigenvalue weighted by Crippen LogP contribution is 2.24. The Bertz CT molecular complexity index is 221. The van der Waals surface area contributed by atoms with E-state index >= 15 is 0 Å². The summed E-state index contributed by atoms with van der Waals surface area (Å²) in [6, 6.07) is 0. The van der Waals surface area contributed by atoms with Gasteiger partial charge in [0.1, 0.15) is 0 Å². The Hall–Kier alpha value is -0.200. The molecule has 0 rings (SSSR count). The molecule has 116 valence electrons. The first-order valence-corrected chi connectivity index (χ1v) is 6.79. The lowest BCUT2D eigenvalue weighted by Crippen LogP contribution is -2.39. The van der Waals surface area contributed by atoms with E-state index in [1.165, 1.54) is 0 Å². The molecule has 0 saturated heterocycles. The first-order valence-electron chi connectivity index (χ1n) is 6.79. The van der Waals surface area contributed by atoms with Crippen molar-refractivity contribution in [2.45, 2.75) is 78.8 Å². The van der Waals surface area contributed by atoms with Gasteiger partial charge >= 0.3 is 0 Å². The zero-order valence-electron chi connectivity index (χ0n) is 13.7. The van der Waals surface area contributed by atoms with Gasteiger partial charge in [0.15, 0.2) is 0 Å². The molecule has 0 aliphatic rings. The zero-order valence-corrected chi connectivity index (χ0v) is 13.7. The summed E-state index contributed by atoms with van der Waals surface area (Å²) in [4.78, 5) is 21.5. The largest absolute Gasteiger partial charge is 0.382 e. The van der Waals surface area contributed by atoms with Gasteiger partial charge in [0.05, 0.1) is 17.8 Å². The number of rotatable bonds is 8. The molecule has 0 heterocycles. The summed E-state index contributed by atoms with van der Waals surface area (Å²) in [6.45, 7) is 16.3. The number of hydrogen-bond donors (Lipinski definition) is 0. The van der Waals surface area contributed by atoms with Crippen LogP contribution in [0.25, 0.3) is 0 Å². The van der Waals surface area contributed by atoms with E-state index in [2.05, 4.69) is 0 Å². The van der Waals surface area contributed by atoms with Gasteiger partial charge in [-0.1, -0.05) is 0 Å². The van der Waals surface area contributed by atoms with Crippen LogP contribution in [0.15, 0.2) is 0 Å². The van der Waals surface area contributed by atoms with Gasteiger partial charge in [-0.05, 0) is 55.4 Å². The standard InChI is InChI=1S/C14H30O5/c1-9-15-11-10-14(8,18-16-12(2,3)4)19-17-13(5,6)7/h9-11H2,1-8H3. The Morgan fingerprint density at radius 2 is 1.11 bits per heavy atom. The van der Waals surface area contributed by atoms with Gasteiger partial charge in [0, 0.05) is 13.0 Å². The second kappa shape index (κ2) is 7.55. The van der Waals surface area contributed by atoms with Crippen LogP contribution in [-0.2, 0) is 24.3 Å². The van der Waals surface area contributed by atoms with Crippen molar-refractivity contribution in [3.63, 3.8) is 0 Å². The van der Waals surface area contributed by atoms with Crippen LogP contribution >= 0.6 is 0 Å². The maximum atomic E-state index is 5.41. The molecule has 5 heteroatoms. The van der Waals surface area contributed by atoms with E-state index in [9.17, 15) is 0 Å². The molecule has 0 amide bonds. The van der Waals surface area contributed by atoms with Gasteiger partial charge in [-0.25, -0.2) is 9.78 Å². The van der Waals surface area contributed by atoms with E-state index < -0.39 is 17.0 Å². The van der Waals surface area contributed by atoms with Gasteiger partial charge in [0.2, 0.25) is 5.79 Å². The molecule has 0 N–H and O–H groups in total. The molecule has 0 radical (unpaired) electrons. The molecule has 0 aliphatic carbocycles. The molecule has 0 fully saturated rings. The van der Waals surface area contributed by atoms with Crippen LogP contribution in [0, 0.1) is 0 Å². The maximum Gasteiger partial charge on any atom is 0.233 e. The van der Waals surface area contributed by atoms with Crippen molar-refractivity contribution >= 4 is 0 Å². The third-order valence-corrected chi connectivity index (χ3v) is 1.84. The predicted molar refractivity (Wildman–Crippen MR) is 73.4 cm³/mol. The normalized spacial score (nSPS) is 13.9. The second-order valence-corrected chi connectivity index (χ2v) is 6.64. The fourth-order valence-corrected chi connectivity index (χ4v) is 0.925. The zero-order chi connectivity index (χ0) is 15.2. The Balaban J connectivity index is 4.43. The third kappa shape index (κ3) is 11.3. The SMILES string of the molecule is CCOCCC(C)(OOC(C)(C)C)OOC(C)(C)C. The summed E-state index contributed by atoms with van der Waals surface area (Å²) in [5, 5.41) is 0. The Morgan fingerprint density at radius 1 is 0.684 bits per heavy atom. The van der Waals surface area contributed by atoms with E-state index in [1.807, 2.05) is 48.5 Å². The van der Waals surface area contributed by atoms with E-state index in [0.29, 0.717) is 19.6 Å². The van der Waals surface area contributed by atoms with Crippen LogP contribution in [0.5, 0.6) is 0 Å². The van der Waals surface area contributed by atoms with Crippen molar-refractivity contribution in [2.24, 2.45) is 0 Å². The fourth-order valence-electron chi connectivity index (χ4n) is 0.925. The molecular formula is C14H30O5. The van der Waals surface area contributed by atoms with Crippen molar-refractivity contribution in [3.05, 3.63) is 0 Å².